The van der Waals surface area contributed by atoms with Crippen molar-refractivity contribution >= 4 is 5.78 Å². The van der Waals surface area contributed by atoms with Gasteiger partial charge in [0, 0.05) is 12.3 Å². The molecule has 0 heterocycles. The summed E-state index contributed by atoms with van der Waals surface area (Å²) in [5.74, 6) is 0.462. The highest BCUT2D eigenvalue weighted by Crippen LogP contribution is 2.40. The predicted molar refractivity (Wildman–Crippen MR) is 61.5 cm³/mol. The van der Waals surface area contributed by atoms with Gasteiger partial charge in [0.25, 0.3) is 0 Å². The van der Waals surface area contributed by atoms with Crippen LogP contribution in [0.2, 0.25) is 0 Å². The molecule has 0 amide bonds. The fraction of sp³-hybridized carbons (Fsp3) is 0.615. The van der Waals surface area contributed by atoms with Crippen molar-refractivity contribution in [3.05, 3.63) is 23.8 Å². The quantitative estimate of drug-likeness (QED) is 0.708. The Morgan fingerprint density at radius 3 is 2.67 bits per heavy atom. The number of hydrogen-bond acceptors (Lipinski definition) is 2. The first-order valence-electron chi connectivity index (χ1n) is 5.40. The van der Waals surface area contributed by atoms with E-state index < -0.39 is 6.10 Å². The summed E-state index contributed by atoms with van der Waals surface area (Å²) in [4.78, 5) is 11.4. The second-order valence-corrected chi connectivity index (χ2v) is 5.12. The highest BCUT2D eigenvalue weighted by Gasteiger charge is 2.34. The average molecular weight is 208 g/mol. The molecule has 1 rings (SSSR count). The van der Waals surface area contributed by atoms with Gasteiger partial charge >= 0.3 is 0 Å². The van der Waals surface area contributed by atoms with Gasteiger partial charge in [0.2, 0.25) is 0 Å². The molecule has 1 aliphatic rings. The number of allylic oxidation sites excluding steroid dienone is 3. The molecule has 0 saturated carbocycles. The van der Waals surface area contributed by atoms with E-state index in [2.05, 4.69) is 13.8 Å². The second kappa shape index (κ2) is 4.31. The Morgan fingerprint density at radius 1 is 1.60 bits per heavy atom. The zero-order valence-electron chi connectivity index (χ0n) is 9.95. The van der Waals surface area contributed by atoms with E-state index in [1.54, 1.807) is 19.1 Å². The van der Waals surface area contributed by atoms with E-state index in [0.29, 0.717) is 6.42 Å². The lowest BCUT2D eigenvalue weighted by molar-refractivity contribution is -0.117. The monoisotopic (exact) mass is 208 g/mol. The minimum atomic E-state index is -0.425. The van der Waals surface area contributed by atoms with E-state index in [9.17, 15) is 9.90 Å². The van der Waals surface area contributed by atoms with Gasteiger partial charge in [-0.1, -0.05) is 31.6 Å². The summed E-state index contributed by atoms with van der Waals surface area (Å²) in [6.45, 7) is 7.91. The van der Waals surface area contributed by atoms with Crippen molar-refractivity contribution in [2.45, 2.75) is 40.2 Å². The fourth-order valence-corrected chi connectivity index (χ4v) is 2.25. The van der Waals surface area contributed by atoms with Gasteiger partial charge in [0.1, 0.15) is 0 Å². The molecule has 84 valence electrons. The fourth-order valence-electron chi connectivity index (χ4n) is 2.25. The van der Waals surface area contributed by atoms with Crippen LogP contribution in [0, 0.1) is 11.3 Å². The van der Waals surface area contributed by atoms with Crippen LogP contribution in [0.1, 0.15) is 34.1 Å². The first kappa shape index (κ1) is 12.2. The number of ketones is 1. The van der Waals surface area contributed by atoms with Crippen molar-refractivity contribution in [3.63, 3.8) is 0 Å². The predicted octanol–water partition coefficient (Wildman–Crippen LogP) is 2.48. The van der Waals surface area contributed by atoms with Crippen molar-refractivity contribution in [1.82, 2.24) is 0 Å². The van der Waals surface area contributed by atoms with Crippen molar-refractivity contribution in [2.24, 2.45) is 11.3 Å². The number of aliphatic hydroxyl groups excluding tert-OH is 1. The second-order valence-electron chi connectivity index (χ2n) is 5.12. The van der Waals surface area contributed by atoms with Crippen LogP contribution in [0.3, 0.4) is 0 Å². The van der Waals surface area contributed by atoms with E-state index >= 15 is 0 Å². The topological polar surface area (TPSA) is 37.3 Å². The maximum Gasteiger partial charge on any atom is 0.156 e. The normalized spacial score (nSPS) is 27.9. The Morgan fingerprint density at radius 2 is 2.20 bits per heavy atom. The molecular formula is C13H20O2. The summed E-state index contributed by atoms with van der Waals surface area (Å²) in [7, 11) is 0. The van der Waals surface area contributed by atoms with Crippen molar-refractivity contribution in [3.8, 4) is 0 Å². The van der Waals surface area contributed by atoms with E-state index in [0.717, 1.165) is 5.57 Å². The smallest absolute Gasteiger partial charge is 0.156 e. The molecule has 0 radical (unpaired) electrons. The van der Waals surface area contributed by atoms with Crippen LogP contribution in [0.5, 0.6) is 0 Å². The van der Waals surface area contributed by atoms with E-state index in [-0.39, 0.29) is 17.1 Å². The van der Waals surface area contributed by atoms with Gasteiger partial charge in [0.15, 0.2) is 5.78 Å². The summed E-state index contributed by atoms with van der Waals surface area (Å²) in [6, 6.07) is 0. The summed E-state index contributed by atoms with van der Waals surface area (Å²) in [5.41, 5.74) is 1.05. The van der Waals surface area contributed by atoms with E-state index in [1.807, 2.05) is 13.0 Å². The highest BCUT2D eigenvalue weighted by molar-refractivity contribution is 5.92. The Hall–Kier alpha value is -0.890. The standard InChI is InChI=1S/C13H20O2/c1-9-7-11(15)8-13(3,4)12(9)6-5-10(2)14/h5-7,10,12,14H,8H2,1-4H3. The van der Waals surface area contributed by atoms with Gasteiger partial charge in [-0.15, -0.1) is 0 Å². The minimum Gasteiger partial charge on any atom is -0.389 e. The molecule has 0 aromatic rings. The summed E-state index contributed by atoms with van der Waals surface area (Å²) in [5, 5.41) is 9.22. The van der Waals surface area contributed by atoms with Crippen molar-refractivity contribution < 1.29 is 9.90 Å². The van der Waals surface area contributed by atoms with Gasteiger partial charge in [-0.25, -0.2) is 0 Å². The highest BCUT2D eigenvalue weighted by atomic mass is 16.3. The zero-order chi connectivity index (χ0) is 11.6. The molecule has 0 saturated heterocycles. The molecular weight excluding hydrogens is 188 g/mol. The summed E-state index contributed by atoms with van der Waals surface area (Å²) < 4.78 is 0. The van der Waals surface area contributed by atoms with Crippen LogP contribution in [0.25, 0.3) is 0 Å². The lowest BCUT2D eigenvalue weighted by Crippen LogP contribution is -2.30. The lowest BCUT2D eigenvalue weighted by Gasteiger charge is -2.35. The molecule has 15 heavy (non-hydrogen) atoms. The molecule has 1 aliphatic carbocycles. The Bertz CT molecular complexity index is 308. The third-order valence-electron chi connectivity index (χ3n) is 2.93. The van der Waals surface area contributed by atoms with Gasteiger partial charge < -0.3 is 5.11 Å². The van der Waals surface area contributed by atoms with E-state index in [4.69, 9.17) is 0 Å². The van der Waals surface area contributed by atoms with Crippen molar-refractivity contribution in [2.75, 3.05) is 0 Å². The first-order valence-corrected chi connectivity index (χ1v) is 5.40. The summed E-state index contributed by atoms with van der Waals surface area (Å²) in [6.07, 6.45) is 5.69. The summed E-state index contributed by atoms with van der Waals surface area (Å²) >= 11 is 0. The van der Waals surface area contributed by atoms with Gasteiger partial charge in [-0.2, -0.15) is 0 Å². The zero-order valence-corrected chi connectivity index (χ0v) is 9.95. The molecule has 0 bridgehead atoms. The molecule has 0 aromatic heterocycles. The third-order valence-corrected chi connectivity index (χ3v) is 2.93. The molecule has 0 aliphatic heterocycles. The third kappa shape index (κ3) is 3.03. The van der Waals surface area contributed by atoms with Crippen LogP contribution in [0.15, 0.2) is 23.8 Å². The molecule has 0 spiro atoms. The number of carbonyl (C=O) groups excluding carboxylic acids is 1. The average Bonchev–Trinajstić information content (AvgIpc) is 1.98. The Kier molecular flexibility index (Phi) is 3.50. The number of aliphatic hydroxyl groups is 1. The Labute approximate surface area is 91.7 Å². The van der Waals surface area contributed by atoms with Crippen LogP contribution in [-0.2, 0) is 4.79 Å². The van der Waals surface area contributed by atoms with Gasteiger partial charge in [-0.05, 0) is 25.3 Å². The molecule has 1 N–H and O–H groups in total. The minimum absolute atomic E-state index is 0.0404. The number of rotatable bonds is 2. The Balaban J connectivity index is 2.94. The molecule has 0 aromatic carbocycles. The first-order chi connectivity index (χ1) is 6.83. The van der Waals surface area contributed by atoms with Crippen LogP contribution in [0.4, 0.5) is 0 Å². The van der Waals surface area contributed by atoms with Crippen LogP contribution < -0.4 is 0 Å². The maximum atomic E-state index is 11.4. The maximum absolute atomic E-state index is 11.4. The van der Waals surface area contributed by atoms with E-state index in [1.165, 1.54) is 0 Å². The molecule has 2 nitrogen and oxygen atoms in total. The number of hydrogen-bond donors (Lipinski definition) is 1. The largest absolute Gasteiger partial charge is 0.389 e. The molecule has 2 atom stereocenters. The molecule has 2 unspecified atom stereocenters. The molecule has 2 heteroatoms. The molecule has 0 fully saturated rings. The van der Waals surface area contributed by atoms with Crippen LogP contribution in [-0.4, -0.2) is 17.0 Å². The van der Waals surface area contributed by atoms with Gasteiger partial charge in [-0.3, -0.25) is 4.79 Å². The number of carbonyl (C=O) groups is 1. The lowest BCUT2D eigenvalue weighted by atomic mass is 9.68. The van der Waals surface area contributed by atoms with Gasteiger partial charge in [0.05, 0.1) is 6.10 Å². The SMILES string of the molecule is CC1=CC(=O)CC(C)(C)C1C=CC(C)O. The van der Waals surface area contributed by atoms with Crippen molar-refractivity contribution in [1.29, 1.82) is 0 Å². The van der Waals surface area contributed by atoms with Crippen LogP contribution >= 0.6 is 0 Å².